The molecule has 0 aromatic heterocycles. The molecule has 7 nitrogen and oxygen atoms in total. The Kier molecular flexibility index (Phi) is 5.60. The first kappa shape index (κ1) is 17.1. The molecule has 0 unspecified atom stereocenters. The average Bonchev–Trinajstić information content (AvgIpc) is 2.61. The van der Waals surface area contributed by atoms with Gasteiger partial charge in [-0.3, -0.25) is 14.9 Å². The van der Waals surface area contributed by atoms with Crippen LogP contribution >= 0.6 is 0 Å². The molecule has 0 saturated carbocycles. The van der Waals surface area contributed by atoms with Gasteiger partial charge in [0.2, 0.25) is 0 Å². The Hall–Kier alpha value is -3.24. The average molecular weight is 325 g/mol. The van der Waals surface area contributed by atoms with E-state index in [1.807, 2.05) is 6.07 Å². The number of nitriles is 1. The highest BCUT2D eigenvalue weighted by Crippen LogP contribution is 2.22. The number of carbonyl (C=O) groups is 1. The number of rotatable bonds is 6. The molecule has 0 bridgehead atoms. The van der Waals surface area contributed by atoms with E-state index in [2.05, 4.69) is 5.32 Å². The van der Waals surface area contributed by atoms with Crippen LogP contribution in [0, 0.1) is 21.4 Å². The second-order valence-electron chi connectivity index (χ2n) is 4.99. The molecule has 24 heavy (non-hydrogen) atoms. The van der Waals surface area contributed by atoms with E-state index < -0.39 is 16.9 Å². The van der Waals surface area contributed by atoms with Gasteiger partial charge in [0.1, 0.15) is 0 Å². The van der Waals surface area contributed by atoms with Crippen molar-refractivity contribution in [1.82, 2.24) is 5.32 Å². The highest BCUT2D eigenvalue weighted by atomic mass is 16.6. The number of hydrogen-bond donors (Lipinski definition) is 1. The van der Waals surface area contributed by atoms with Gasteiger partial charge in [-0.15, -0.1) is 0 Å². The topological polar surface area (TPSA) is 105 Å². The van der Waals surface area contributed by atoms with Crippen molar-refractivity contribution in [3.63, 3.8) is 0 Å². The van der Waals surface area contributed by atoms with Crippen molar-refractivity contribution in [2.45, 2.75) is 12.6 Å². The Labute approximate surface area is 138 Å². The summed E-state index contributed by atoms with van der Waals surface area (Å²) in [7, 11) is 1.37. The minimum atomic E-state index is -0.941. The molecule has 7 heteroatoms. The number of nitro benzene ring substituents is 1. The monoisotopic (exact) mass is 325 g/mol. The Morgan fingerprint density at radius 1 is 1.33 bits per heavy atom. The number of nitrogens with zero attached hydrogens (tertiary/aromatic N) is 2. The molecule has 122 valence electrons. The molecular weight excluding hydrogens is 310 g/mol. The number of non-ortho nitro benzene ring substituents is 1. The second kappa shape index (κ2) is 7.85. The molecule has 0 spiro atoms. The molecule has 0 saturated heterocycles. The van der Waals surface area contributed by atoms with Crippen molar-refractivity contribution >= 4 is 11.6 Å². The summed E-state index contributed by atoms with van der Waals surface area (Å²) in [4.78, 5) is 22.6. The molecule has 0 heterocycles. The normalized spacial score (nSPS) is 11.3. The molecule has 0 aliphatic heterocycles. The second-order valence-corrected chi connectivity index (χ2v) is 4.99. The first-order chi connectivity index (χ1) is 11.5. The van der Waals surface area contributed by atoms with Gasteiger partial charge in [-0.1, -0.05) is 24.3 Å². The van der Waals surface area contributed by atoms with E-state index >= 15 is 0 Å². The summed E-state index contributed by atoms with van der Waals surface area (Å²) in [6, 6.07) is 14.6. The Morgan fingerprint density at radius 3 is 2.62 bits per heavy atom. The first-order valence-corrected chi connectivity index (χ1v) is 7.09. The van der Waals surface area contributed by atoms with Crippen LogP contribution in [0.5, 0.6) is 0 Å². The smallest absolute Gasteiger partial charge is 0.269 e. The predicted molar refractivity (Wildman–Crippen MR) is 85.9 cm³/mol. The fraction of sp³-hybridized carbons (Fsp3) is 0.176. The van der Waals surface area contributed by atoms with Crippen LogP contribution in [0.15, 0.2) is 48.5 Å². The summed E-state index contributed by atoms with van der Waals surface area (Å²) in [5, 5.41) is 22.3. The molecule has 2 aromatic rings. The molecule has 2 aromatic carbocycles. The predicted octanol–water partition coefficient (Wildman–Crippen LogP) is 2.47. The lowest BCUT2D eigenvalue weighted by Crippen LogP contribution is -2.30. The number of hydrogen-bond acceptors (Lipinski definition) is 5. The van der Waals surface area contributed by atoms with Crippen LogP contribution in [0.3, 0.4) is 0 Å². The molecule has 1 N–H and O–H groups in total. The fourth-order valence-electron chi connectivity index (χ4n) is 2.17. The number of nitrogens with one attached hydrogen (secondary N) is 1. The van der Waals surface area contributed by atoms with E-state index in [4.69, 9.17) is 10.00 Å². The van der Waals surface area contributed by atoms with Gasteiger partial charge in [-0.25, -0.2) is 0 Å². The van der Waals surface area contributed by atoms with E-state index in [1.165, 1.54) is 25.3 Å². The quantitative estimate of drug-likeness (QED) is 0.649. The summed E-state index contributed by atoms with van der Waals surface area (Å²) in [5.74, 6) is -0.401. The Bertz CT molecular complexity index is 781. The number of ether oxygens (including phenoxy) is 1. The van der Waals surface area contributed by atoms with E-state index in [-0.39, 0.29) is 12.2 Å². The van der Waals surface area contributed by atoms with Crippen molar-refractivity contribution in [2.24, 2.45) is 0 Å². The van der Waals surface area contributed by atoms with Crippen molar-refractivity contribution in [1.29, 1.82) is 5.26 Å². The van der Waals surface area contributed by atoms with Crippen LogP contribution in [0.2, 0.25) is 0 Å². The third-order valence-corrected chi connectivity index (χ3v) is 3.41. The van der Waals surface area contributed by atoms with Gasteiger partial charge in [0.05, 0.1) is 16.6 Å². The van der Waals surface area contributed by atoms with Crippen LogP contribution < -0.4 is 5.32 Å². The van der Waals surface area contributed by atoms with E-state index in [9.17, 15) is 14.9 Å². The Morgan fingerprint density at radius 2 is 2.04 bits per heavy atom. The number of carbonyl (C=O) groups excluding carboxylic acids is 1. The molecule has 0 aliphatic rings. The number of methoxy groups -OCH3 is 1. The molecule has 2 rings (SSSR count). The standard InChI is InChI=1S/C17H15N3O4/c1-24-16(14-3-2-4-15(9-14)20(22)23)17(21)19-11-13-7-5-12(10-18)6-8-13/h2-9,16H,11H2,1H3,(H,19,21)/t16-/m0/s1. The van der Waals surface area contributed by atoms with Crippen molar-refractivity contribution in [3.05, 3.63) is 75.3 Å². The summed E-state index contributed by atoms with van der Waals surface area (Å²) in [6.45, 7) is 0.263. The largest absolute Gasteiger partial charge is 0.367 e. The zero-order valence-corrected chi connectivity index (χ0v) is 12.9. The summed E-state index contributed by atoms with van der Waals surface area (Å²) in [6.07, 6.45) is -0.941. The third kappa shape index (κ3) is 4.15. The SMILES string of the molecule is CO[C@H](C(=O)NCc1ccc(C#N)cc1)c1cccc([N+](=O)[O-])c1. The van der Waals surface area contributed by atoms with Gasteiger partial charge >= 0.3 is 0 Å². The van der Waals surface area contributed by atoms with E-state index in [0.29, 0.717) is 11.1 Å². The highest BCUT2D eigenvalue weighted by molar-refractivity contribution is 5.82. The number of amides is 1. The third-order valence-electron chi connectivity index (χ3n) is 3.41. The summed E-state index contributed by atoms with van der Waals surface area (Å²) in [5.41, 5.74) is 1.67. The van der Waals surface area contributed by atoms with Gasteiger partial charge in [0, 0.05) is 25.8 Å². The maximum atomic E-state index is 12.3. The maximum Gasteiger partial charge on any atom is 0.269 e. The maximum absolute atomic E-state index is 12.3. The zero-order valence-electron chi connectivity index (χ0n) is 12.9. The lowest BCUT2D eigenvalue weighted by molar-refractivity contribution is -0.385. The minimum absolute atomic E-state index is 0.102. The van der Waals surface area contributed by atoms with Crippen molar-refractivity contribution in [2.75, 3.05) is 7.11 Å². The lowest BCUT2D eigenvalue weighted by atomic mass is 10.1. The van der Waals surface area contributed by atoms with Gasteiger partial charge < -0.3 is 10.1 Å². The first-order valence-electron chi connectivity index (χ1n) is 7.09. The van der Waals surface area contributed by atoms with Crippen LogP contribution in [-0.2, 0) is 16.1 Å². The van der Waals surface area contributed by atoms with E-state index in [0.717, 1.165) is 5.56 Å². The van der Waals surface area contributed by atoms with Gasteiger partial charge in [0.25, 0.3) is 11.6 Å². The summed E-state index contributed by atoms with van der Waals surface area (Å²) < 4.78 is 5.18. The van der Waals surface area contributed by atoms with Crippen LogP contribution in [0.25, 0.3) is 0 Å². The summed E-state index contributed by atoms with van der Waals surface area (Å²) >= 11 is 0. The van der Waals surface area contributed by atoms with Gasteiger partial charge in [0.15, 0.2) is 6.10 Å². The lowest BCUT2D eigenvalue weighted by Gasteiger charge is -2.15. The molecule has 1 amide bonds. The van der Waals surface area contributed by atoms with Gasteiger partial charge in [-0.2, -0.15) is 5.26 Å². The molecule has 0 fully saturated rings. The highest BCUT2D eigenvalue weighted by Gasteiger charge is 2.21. The minimum Gasteiger partial charge on any atom is -0.367 e. The molecule has 0 aliphatic carbocycles. The van der Waals surface area contributed by atoms with Crippen LogP contribution in [0.4, 0.5) is 5.69 Å². The van der Waals surface area contributed by atoms with Gasteiger partial charge in [-0.05, 0) is 23.3 Å². The number of nitro groups is 1. The van der Waals surface area contributed by atoms with Crippen molar-refractivity contribution in [3.8, 4) is 6.07 Å². The van der Waals surface area contributed by atoms with E-state index in [1.54, 1.807) is 30.3 Å². The zero-order chi connectivity index (χ0) is 17.5. The fourth-order valence-corrected chi connectivity index (χ4v) is 2.17. The van der Waals surface area contributed by atoms with Crippen LogP contribution in [0.1, 0.15) is 22.8 Å². The Balaban J connectivity index is 2.07. The molecule has 0 radical (unpaired) electrons. The van der Waals surface area contributed by atoms with Crippen LogP contribution in [-0.4, -0.2) is 17.9 Å². The molecule has 1 atom stereocenters. The molecular formula is C17H15N3O4. The van der Waals surface area contributed by atoms with Crippen molar-refractivity contribution < 1.29 is 14.5 Å². The number of benzene rings is 2.